The maximum absolute atomic E-state index is 12.8. The summed E-state index contributed by atoms with van der Waals surface area (Å²) in [4.78, 5) is 25.6. The Balaban J connectivity index is 1.84. The van der Waals surface area contributed by atoms with E-state index in [1.54, 1.807) is 38.5 Å². The summed E-state index contributed by atoms with van der Waals surface area (Å²) in [6, 6.07) is 14.6. The molecule has 0 fully saturated rings. The van der Waals surface area contributed by atoms with Crippen molar-refractivity contribution < 1.29 is 19.1 Å². The van der Waals surface area contributed by atoms with Crippen LogP contribution in [0.2, 0.25) is 0 Å². The number of carbonyl (C=O) groups is 2. The van der Waals surface area contributed by atoms with Gasteiger partial charge >= 0.3 is 186 Å². The summed E-state index contributed by atoms with van der Waals surface area (Å²) in [6.07, 6.45) is 0. The number of benzene rings is 2. The molecule has 3 rings (SSSR count). The van der Waals surface area contributed by atoms with Crippen molar-refractivity contribution in [2.45, 2.75) is 0 Å². The molecule has 2 aromatic carbocycles. The number of rotatable bonds is 6. The molecule has 0 saturated carbocycles. The van der Waals surface area contributed by atoms with Crippen molar-refractivity contribution in [2.75, 3.05) is 14.2 Å². The van der Waals surface area contributed by atoms with Crippen LogP contribution in [0.15, 0.2) is 67.5 Å². The van der Waals surface area contributed by atoms with E-state index in [0.717, 1.165) is 8.92 Å². The predicted molar refractivity (Wildman–Crippen MR) is 113 cm³/mol. The minimum atomic E-state index is -0.436. The first-order valence-electron chi connectivity index (χ1n) is 7.97. The van der Waals surface area contributed by atoms with Gasteiger partial charge in [-0.1, -0.05) is 0 Å². The number of ketones is 2. The van der Waals surface area contributed by atoms with E-state index in [4.69, 9.17) is 32.7 Å². The first kappa shape index (κ1) is 21.2. The van der Waals surface area contributed by atoms with E-state index in [0.29, 0.717) is 11.5 Å². The van der Waals surface area contributed by atoms with E-state index in [1.807, 2.05) is 24.3 Å². The van der Waals surface area contributed by atoms with E-state index < -0.39 is 29.9 Å². The Labute approximate surface area is 185 Å². The molecule has 0 saturated heterocycles. The molecule has 0 atom stereocenters. The number of carbonyl (C=O) groups excluding carboxylic acids is 2. The van der Waals surface area contributed by atoms with Crippen molar-refractivity contribution >= 4 is 73.6 Å². The summed E-state index contributed by atoms with van der Waals surface area (Å²) < 4.78 is 12.6. The van der Waals surface area contributed by atoms with Crippen molar-refractivity contribution in [1.82, 2.24) is 0 Å². The monoisotopic (exact) mass is 548 g/mol. The molecular weight excluding hydrogens is 533 g/mol. The molecule has 4 nitrogen and oxygen atoms in total. The Bertz CT molecular complexity index is 899. The molecule has 0 spiro atoms. The van der Waals surface area contributed by atoms with E-state index >= 15 is 0 Å². The Hall–Kier alpha value is -1.52. The average Bonchev–Trinajstić information content (AvgIpc) is 2.73. The SMILES string of the molecule is COc1ccc([Se]C2=C(Cl)C(=O)C([Se]c3ccc(OC)cc3)=C(Cl)C2=O)cc1. The van der Waals surface area contributed by atoms with Crippen molar-refractivity contribution in [2.24, 2.45) is 0 Å². The van der Waals surface area contributed by atoms with Crippen LogP contribution >= 0.6 is 23.2 Å². The predicted octanol–water partition coefficient (Wildman–Crippen LogP) is 2.12. The van der Waals surface area contributed by atoms with Gasteiger partial charge in [0.15, 0.2) is 0 Å². The number of ether oxygens (including phenoxy) is 2. The normalized spacial score (nSPS) is 14.6. The Morgan fingerprint density at radius 2 is 0.964 bits per heavy atom. The number of hydrogen-bond acceptors (Lipinski definition) is 4. The molecule has 0 N–H and O–H groups in total. The standard InChI is InChI=1S/C20H14Cl2O4Se2/c1-25-11-3-7-13(8-4-11)27-19-15(21)18(24)20(16(22)17(19)23)28-14-9-5-12(26-2)6-10-14/h3-10H,1-2H3. The summed E-state index contributed by atoms with van der Waals surface area (Å²) in [5.41, 5.74) is 0. The van der Waals surface area contributed by atoms with Gasteiger partial charge < -0.3 is 0 Å². The third-order valence-electron chi connectivity index (χ3n) is 3.77. The molecule has 0 bridgehead atoms. The van der Waals surface area contributed by atoms with Gasteiger partial charge in [0.25, 0.3) is 0 Å². The fourth-order valence-electron chi connectivity index (χ4n) is 2.31. The van der Waals surface area contributed by atoms with Crippen LogP contribution in [0.3, 0.4) is 0 Å². The Morgan fingerprint density at radius 3 is 1.25 bits per heavy atom. The van der Waals surface area contributed by atoms with E-state index in [1.165, 1.54) is 0 Å². The van der Waals surface area contributed by atoms with Gasteiger partial charge in [-0.25, -0.2) is 0 Å². The number of halogens is 2. The Morgan fingerprint density at radius 1 is 0.643 bits per heavy atom. The van der Waals surface area contributed by atoms with Crippen LogP contribution in [0.4, 0.5) is 0 Å². The first-order valence-corrected chi connectivity index (χ1v) is 12.2. The van der Waals surface area contributed by atoms with Crippen LogP contribution < -0.4 is 18.4 Å². The minimum absolute atomic E-state index is 0.0318. The summed E-state index contributed by atoms with van der Waals surface area (Å²) in [7, 11) is 3.17. The molecule has 8 heteroatoms. The molecular formula is C20H14Cl2O4Se2. The van der Waals surface area contributed by atoms with E-state index in [2.05, 4.69) is 0 Å². The molecule has 1 aliphatic carbocycles. The van der Waals surface area contributed by atoms with Gasteiger partial charge in [-0.2, -0.15) is 0 Å². The van der Waals surface area contributed by atoms with Gasteiger partial charge in [0, 0.05) is 0 Å². The number of allylic oxidation sites excluding steroid dienone is 4. The zero-order valence-corrected chi connectivity index (χ0v) is 19.8. The zero-order valence-electron chi connectivity index (χ0n) is 14.8. The average molecular weight is 547 g/mol. The summed E-state index contributed by atoms with van der Waals surface area (Å²) in [5.74, 6) is 0.695. The zero-order chi connectivity index (χ0) is 20.3. The van der Waals surface area contributed by atoms with Gasteiger partial charge in [-0.15, -0.1) is 0 Å². The fourth-order valence-corrected chi connectivity index (χ4v) is 7.04. The summed E-state index contributed by atoms with van der Waals surface area (Å²) >= 11 is 11.7. The maximum atomic E-state index is 12.8. The molecule has 144 valence electrons. The van der Waals surface area contributed by atoms with Crippen LogP contribution in [0.5, 0.6) is 11.5 Å². The van der Waals surface area contributed by atoms with Crippen LogP contribution in [0, 0.1) is 0 Å². The van der Waals surface area contributed by atoms with Crippen molar-refractivity contribution in [3.05, 3.63) is 67.5 Å². The molecule has 1 aliphatic rings. The van der Waals surface area contributed by atoms with Crippen LogP contribution in [-0.2, 0) is 9.59 Å². The van der Waals surface area contributed by atoms with Crippen molar-refractivity contribution in [3.8, 4) is 11.5 Å². The topological polar surface area (TPSA) is 52.6 Å². The molecule has 0 aliphatic heterocycles. The second-order valence-electron chi connectivity index (χ2n) is 5.50. The Kier molecular flexibility index (Phi) is 7.05. The molecule has 0 aromatic heterocycles. The molecule has 0 amide bonds. The van der Waals surface area contributed by atoms with Crippen molar-refractivity contribution in [3.63, 3.8) is 0 Å². The molecule has 2 aromatic rings. The van der Waals surface area contributed by atoms with Crippen molar-refractivity contribution in [1.29, 1.82) is 0 Å². The second-order valence-corrected chi connectivity index (χ2v) is 10.8. The first-order chi connectivity index (χ1) is 13.4. The molecule has 0 heterocycles. The molecule has 0 radical (unpaired) electrons. The van der Waals surface area contributed by atoms with E-state index in [-0.39, 0.29) is 30.6 Å². The van der Waals surface area contributed by atoms with Gasteiger partial charge in [0.05, 0.1) is 0 Å². The summed E-state index contributed by atoms with van der Waals surface area (Å²) in [6.45, 7) is 0. The molecule has 0 unspecified atom stereocenters. The number of methoxy groups -OCH3 is 2. The van der Waals surface area contributed by atoms with Gasteiger partial charge in [-0.05, 0) is 0 Å². The van der Waals surface area contributed by atoms with Gasteiger partial charge in [0.1, 0.15) is 0 Å². The second kappa shape index (κ2) is 9.32. The van der Waals surface area contributed by atoms with Crippen LogP contribution in [0.1, 0.15) is 0 Å². The summed E-state index contributed by atoms with van der Waals surface area (Å²) in [5, 5.41) is -0.0637. The van der Waals surface area contributed by atoms with Gasteiger partial charge in [0.2, 0.25) is 0 Å². The fraction of sp³-hybridized carbons (Fsp3) is 0.100. The van der Waals surface area contributed by atoms with E-state index in [9.17, 15) is 9.59 Å². The van der Waals surface area contributed by atoms with Crippen LogP contribution in [0.25, 0.3) is 0 Å². The third-order valence-corrected chi connectivity index (χ3v) is 9.62. The number of hydrogen-bond donors (Lipinski definition) is 0. The van der Waals surface area contributed by atoms with Crippen LogP contribution in [-0.4, -0.2) is 55.7 Å². The third kappa shape index (κ3) is 4.55. The quantitative estimate of drug-likeness (QED) is 0.411. The molecule has 28 heavy (non-hydrogen) atoms. The number of Topliss-reactive ketones (excluding diaryl/α,β-unsaturated/α-hetero) is 2. The van der Waals surface area contributed by atoms with Gasteiger partial charge in [-0.3, -0.25) is 0 Å².